The third kappa shape index (κ3) is 4.43. The van der Waals surface area contributed by atoms with Crippen LogP contribution in [0, 0.1) is 0 Å². The summed E-state index contributed by atoms with van der Waals surface area (Å²) in [7, 11) is -2.02. The number of hydrogen-bond donors (Lipinski definition) is 1. The smallest absolute Gasteiger partial charge is 0.259 e. The SMILES string of the molecule is COc1ccc(Cl)cc1C(=O)Nc1ccc(S(=O)(=O)N2CCCCC2)cc1. The zero-order chi connectivity index (χ0) is 19.4. The first-order valence-corrected chi connectivity index (χ1v) is 10.5. The molecule has 1 fully saturated rings. The second kappa shape index (κ2) is 8.29. The van der Waals surface area contributed by atoms with Crippen molar-refractivity contribution in [3.8, 4) is 5.75 Å². The number of methoxy groups -OCH3 is 1. The van der Waals surface area contributed by atoms with E-state index in [2.05, 4.69) is 5.32 Å². The molecule has 0 aliphatic carbocycles. The van der Waals surface area contributed by atoms with Gasteiger partial charge in [0.2, 0.25) is 10.0 Å². The monoisotopic (exact) mass is 408 g/mol. The van der Waals surface area contributed by atoms with Gasteiger partial charge in [-0.15, -0.1) is 0 Å². The standard InChI is InChI=1S/C19H21ClN2O4S/c1-26-18-10-5-14(20)13-17(18)19(23)21-15-6-8-16(9-7-15)27(24,25)22-11-3-2-4-12-22/h5-10,13H,2-4,11-12H2,1H3,(H,21,23). The molecule has 8 heteroatoms. The van der Waals surface area contributed by atoms with Crippen molar-refractivity contribution in [3.63, 3.8) is 0 Å². The maximum Gasteiger partial charge on any atom is 0.259 e. The Morgan fingerprint density at radius 1 is 1.07 bits per heavy atom. The number of sulfonamides is 1. The number of halogens is 1. The van der Waals surface area contributed by atoms with Gasteiger partial charge in [-0.25, -0.2) is 8.42 Å². The molecule has 2 aromatic rings. The number of ether oxygens (including phenoxy) is 1. The van der Waals surface area contributed by atoms with Crippen molar-refractivity contribution in [2.75, 3.05) is 25.5 Å². The molecule has 0 radical (unpaired) electrons. The summed E-state index contributed by atoms with van der Waals surface area (Å²) < 4.78 is 32.0. The lowest BCUT2D eigenvalue weighted by molar-refractivity contribution is 0.102. The largest absolute Gasteiger partial charge is 0.496 e. The Kier molecular flexibility index (Phi) is 6.04. The third-order valence-electron chi connectivity index (χ3n) is 4.47. The highest BCUT2D eigenvalue weighted by Gasteiger charge is 2.25. The summed E-state index contributed by atoms with van der Waals surface area (Å²) in [6.45, 7) is 1.10. The molecule has 0 saturated carbocycles. The maximum absolute atomic E-state index is 12.7. The van der Waals surface area contributed by atoms with E-state index < -0.39 is 10.0 Å². The van der Waals surface area contributed by atoms with Crippen molar-refractivity contribution in [2.45, 2.75) is 24.2 Å². The molecule has 0 spiro atoms. The molecule has 1 N–H and O–H groups in total. The van der Waals surface area contributed by atoms with Crippen LogP contribution in [0.1, 0.15) is 29.6 Å². The highest BCUT2D eigenvalue weighted by atomic mass is 35.5. The van der Waals surface area contributed by atoms with Crippen LogP contribution in [0.2, 0.25) is 5.02 Å². The molecule has 1 aliphatic heterocycles. The Morgan fingerprint density at radius 3 is 2.37 bits per heavy atom. The lowest BCUT2D eigenvalue weighted by atomic mass is 10.2. The fraction of sp³-hybridized carbons (Fsp3) is 0.316. The van der Waals surface area contributed by atoms with E-state index in [1.807, 2.05) is 0 Å². The summed E-state index contributed by atoms with van der Waals surface area (Å²) >= 11 is 5.96. The van der Waals surface area contributed by atoms with Crippen LogP contribution in [-0.4, -0.2) is 38.8 Å². The molecule has 1 heterocycles. The fourth-order valence-corrected chi connectivity index (χ4v) is 4.71. The Bertz CT molecular complexity index is 923. The third-order valence-corrected chi connectivity index (χ3v) is 6.62. The van der Waals surface area contributed by atoms with E-state index in [0.717, 1.165) is 19.3 Å². The number of carbonyl (C=O) groups excluding carboxylic acids is 1. The molecule has 0 unspecified atom stereocenters. The normalized spacial score (nSPS) is 15.3. The molecule has 0 atom stereocenters. The minimum absolute atomic E-state index is 0.225. The summed E-state index contributed by atoms with van der Waals surface area (Å²) in [6, 6.07) is 10.9. The maximum atomic E-state index is 12.7. The molecule has 3 rings (SSSR count). The summed E-state index contributed by atoms with van der Waals surface area (Å²) in [5.41, 5.74) is 0.787. The van der Waals surface area contributed by atoms with E-state index in [0.29, 0.717) is 35.1 Å². The molecule has 144 valence electrons. The number of anilines is 1. The van der Waals surface area contributed by atoms with Gasteiger partial charge in [0.15, 0.2) is 0 Å². The van der Waals surface area contributed by atoms with Crippen LogP contribution in [0.25, 0.3) is 0 Å². The van der Waals surface area contributed by atoms with Crippen molar-refractivity contribution in [1.82, 2.24) is 4.31 Å². The van der Waals surface area contributed by atoms with E-state index in [1.165, 1.54) is 29.6 Å². The summed E-state index contributed by atoms with van der Waals surface area (Å²) in [5.74, 6) is 0.0159. The number of hydrogen-bond acceptors (Lipinski definition) is 4. The average molecular weight is 409 g/mol. The molecule has 27 heavy (non-hydrogen) atoms. The van der Waals surface area contributed by atoms with Gasteiger partial charge >= 0.3 is 0 Å². The Hall–Kier alpha value is -2.09. The van der Waals surface area contributed by atoms with E-state index in [1.54, 1.807) is 24.3 Å². The van der Waals surface area contributed by atoms with Gasteiger partial charge < -0.3 is 10.1 Å². The first-order valence-electron chi connectivity index (χ1n) is 8.67. The predicted octanol–water partition coefficient (Wildman–Crippen LogP) is 3.78. The number of piperidine rings is 1. The number of nitrogens with one attached hydrogen (secondary N) is 1. The Labute approximate surface area is 164 Å². The first-order chi connectivity index (χ1) is 12.9. The topological polar surface area (TPSA) is 75.7 Å². The molecular formula is C19H21ClN2O4S. The lowest BCUT2D eigenvalue weighted by Gasteiger charge is -2.25. The van der Waals surface area contributed by atoms with E-state index >= 15 is 0 Å². The highest BCUT2D eigenvalue weighted by Crippen LogP contribution is 2.25. The zero-order valence-electron chi connectivity index (χ0n) is 14.9. The molecule has 2 aromatic carbocycles. The van der Waals surface area contributed by atoms with Crippen molar-refractivity contribution in [3.05, 3.63) is 53.1 Å². The Morgan fingerprint density at radius 2 is 1.74 bits per heavy atom. The molecule has 0 bridgehead atoms. The summed E-state index contributed by atoms with van der Waals surface area (Å²) in [5, 5.41) is 3.15. The molecule has 0 aromatic heterocycles. The fourth-order valence-electron chi connectivity index (χ4n) is 3.02. The van der Waals surface area contributed by atoms with Crippen molar-refractivity contribution < 1.29 is 17.9 Å². The number of benzene rings is 2. The van der Waals surface area contributed by atoms with Gasteiger partial charge in [0.25, 0.3) is 5.91 Å². The quantitative estimate of drug-likeness (QED) is 0.816. The molecule has 1 amide bonds. The van der Waals surface area contributed by atoms with Crippen LogP contribution in [0.3, 0.4) is 0 Å². The van der Waals surface area contributed by atoms with Crippen molar-refractivity contribution in [1.29, 1.82) is 0 Å². The molecule has 1 saturated heterocycles. The lowest BCUT2D eigenvalue weighted by Crippen LogP contribution is -2.35. The van der Waals surface area contributed by atoms with Gasteiger partial charge in [-0.05, 0) is 55.3 Å². The van der Waals surface area contributed by atoms with Gasteiger partial charge in [-0.2, -0.15) is 4.31 Å². The van der Waals surface area contributed by atoms with Crippen LogP contribution < -0.4 is 10.1 Å². The summed E-state index contributed by atoms with van der Waals surface area (Å²) in [4.78, 5) is 12.7. The Balaban J connectivity index is 1.76. The van der Waals surface area contributed by atoms with Crippen LogP contribution in [0.4, 0.5) is 5.69 Å². The van der Waals surface area contributed by atoms with Gasteiger partial charge in [-0.1, -0.05) is 18.0 Å². The van der Waals surface area contributed by atoms with Crippen molar-refractivity contribution >= 4 is 33.2 Å². The van der Waals surface area contributed by atoms with Gasteiger partial charge in [0.05, 0.1) is 17.6 Å². The number of amides is 1. The molecular weight excluding hydrogens is 388 g/mol. The summed E-state index contributed by atoms with van der Waals surface area (Å²) in [6.07, 6.45) is 2.83. The zero-order valence-corrected chi connectivity index (χ0v) is 16.5. The number of rotatable bonds is 5. The van der Waals surface area contributed by atoms with Crippen LogP contribution in [0.15, 0.2) is 47.4 Å². The van der Waals surface area contributed by atoms with Gasteiger partial charge in [0.1, 0.15) is 5.75 Å². The second-order valence-electron chi connectivity index (χ2n) is 6.29. The van der Waals surface area contributed by atoms with Gasteiger partial charge in [0, 0.05) is 23.8 Å². The highest BCUT2D eigenvalue weighted by molar-refractivity contribution is 7.89. The molecule has 6 nitrogen and oxygen atoms in total. The first kappa shape index (κ1) is 19.7. The predicted molar refractivity (Wildman–Crippen MR) is 105 cm³/mol. The van der Waals surface area contributed by atoms with E-state index in [-0.39, 0.29) is 10.8 Å². The average Bonchev–Trinajstić information content (AvgIpc) is 2.69. The van der Waals surface area contributed by atoms with Crippen LogP contribution >= 0.6 is 11.6 Å². The van der Waals surface area contributed by atoms with Crippen LogP contribution in [0.5, 0.6) is 5.75 Å². The van der Waals surface area contributed by atoms with Crippen molar-refractivity contribution in [2.24, 2.45) is 0 Å². The second-order valence-corrected chi connectivity index (χ2v) is 8.66. The van der Waals surface area contributed by atoms with Crippen LogP contribution in [-0.2, 0) is 10.0 Å². The van der Waals surface area contributed by atoms with E-state index in [4.69, 9.17) is 16.3 Å². The van der Waals surface area contributed by atoms with Gasteiger partial charge in [-0.3, -0.25) is 4.79 Å². The minimum Gasteiger partial charge on any atom is -0.496 e. The van der Waals surface area contributed by atoms with E-state index in [9.17, 15) is 13.2 Å². The number of nitrogens with zero attached hydrogens (tertiary/aromatic N) is 1. The molecule has 1 aliphatic rings. The number of carbonyl (C=O) groups is 1. The minimum atomic E-state index is -3.49.